The van der Waals surface area contributed by atoms with Gasteiger partial charge in [-0.3, -0.25) is 4.79 Å². The van der Waals surface area contributed by atoms with Gasteiger partial charge in [-0.2, -0.15) is 16.9 Å². The van der Waals surface area contributed by atoms with Gasteiger partial charge in [-0.25, -0.2) is 19.0 Å². The van der Waals surface area contributed by atoms with Crippen LogP contribution >= 0.6 is 11.8 Å². The lowest BCUT2D eigenvalue weighted by molar-refractivity contribution is 0.102. The Hall–Kier alpha value is -2.74. The van der Waals surface area contributed by atoms with Crippen molar-refractivity contribution in [1.29, 1.82) is 0 Å². The number of aromatic nitrogens is 4. The molecule has 0 aliphatic heterocycles. The molecule has 0 saturated carbocycles. The maximum Gasteiger partial charge on any atom is 0.255 e. The summed E-state index contributed by atoms with van der Waals surface area (Å²) in [6, 6.07) is 6.03. The number of benzene rings is 1. The van der Waals surface area contributed by atoms with Gasteiger partial charge in [-0.15, -0.1) is 0 Å². The van der Waals surface area contributed by atoms with Crippen molar-refractivity contribution in [3.63, 3.8) is 0 Å². The molecule has 0 unspecified atom stereocenters. The van der Waals surface area contributed by atoms with E-state index in [0.717, 1.165) is 0 Å². The van der Waals surface area contributed by atoms with E-state index in [9.17, 15) is 9.18 Å². The second-order valence-electron chi connectivity index (χ2n) is 4.92. The Morgan fingerprint density at radius 1 is 1.33 bits per heavy atom. The van der Waals surface area contributed by atoms with Crippen molar-refractivity contribution in [2.45, 2.75) is 5.75 Å². The zero-order valence-corrected chi connectivity index (χ0v) is 13.6. The number of carbonyl (C=O) groups excluding carboxylic acids is 1. The molecule has 2 aromatic heterocycles. The van der Waals surface area contributed by atoms with Crippen molar-refractivity contribution in [1.82, 2.24) is 19.7 Å². The van der Waals surface area contributed by atoms with Crippen molar-refractivity contribution in [2.24, 2.45) is 0 Å². The SMILES string of the molecule is CSCc1cc(C(=O)Nc2cnn(-c3ncccn3)c2)ccc1F. The number of anilines is 1. The zero-order chi connectivity index (χ0) is 16.9. The van der Waals surface area contributed by atoms with Crippen LogP contribution in [0, 0.1) is 5.82 Å². The van der Waals surface area contributed by atoms with Crippen molar-refractivity contribution < 1.29 is 9.18 Å². The summed E-state index contributed by atoms with van der Waals surface area (Å²) in [4.78, 5) is 20.5. The number of nitrogens with one attached hydrogen (secondary N) is 1. The topological polar surface area (TPSA) is 72.7 Å². The number of thioether (sulfide) groups is 1. The minimum atomic E-state index is -0.328. The fourth-order valence-electron chi connectivity index (χ4n) is 2.09. The molecule has 0 aliphatic carbocycles. The minimum Gasteiger partial charge on any atom is -0.319 e. The van der Waals surface area contributed by atoms with Gasteiger partial charge >= 0.3 is 0 Å². The average Bonchev–Trinajstić information content (AvgIpc) is 3.06. The first-order valence-electron chi connectivity index (χ1n) is 7.08. The lowest BCUT2D eigenvalue weighted by atomic mass is 10.1. The highest BCUT2D eigenvalue weighted by Gasteiger charge is 2.11. The van der Waals surface area contributed by atoms with Crippen LogP contribution in [0.3, 0.4) is 0 Å². The molecule has 0 fully saturated rings. The van der Waals surface area contributed by atoms with Crippen LogP contribution in [0.15, 0.2) is 49.1 Å². The molecule has 1 amide bonds. The lowest BCUT2D eigenvalue weighted by Crippen LogP contribution is -2.12. The van der Waals surface area contributed by atoms with Gasteiger partial charge in [-0.1, -0.05) is 0 Å². The number of hydrogen-bond acceptors (Lipinski definition) is 5. The minimum absolute atomic E-state index is 0.310. The van der Waals surface area contributed by atoms with Crippen LogP contribution in [-0.4, -0.2) is 31.9 Å². The van der Waals surface area contributed by atoms with Gasteiger partial charge in [-0.05, 0) is 36.1 Å². The number of amides is 1. The highest BCUT2D eigenvalue weighted by atomic mass is 32.2. The van der Waals surface area contributed by atoms with E-state index in [0.29, 0.717) is 28.5 Å². The van der Waals surface area contributed by atoms with Crippen LogP contribution in [0.2, 0.25) is 0 Å². The normalized spacial score (nSPS) is 10.6. The second kappa shape index (κ2) is 7.22. The zero-order valence-electron chi connectivity index (χ0n) is 12.8. The molecular weight excluding hydrogens is 329 g/mol. The van der Waals surface area contributed by atoms with Crippen molar-refractivity contribution >= 4 is 23.4 Å². The first-order chi connectivity index (χ1) is 11.7. The average molecular weight is 343 g/mol. The van der Waals surface area contributed by atoms with Crippen molar-refractivity contribution in [2.75, 3.05) is 11.6 Å². The van der Waals surface area contributed by atoms with Gasteiger partial charge in [0.1, 0.15) is 5.82 Å². The van der Waals surface area contributed by atoms with Crippen LogP contribution in [0.5, 0.6) is 0 Å². The number of rotatable bonds is 5. The predicted octanol–water partition coefficient (Wildman–Crippen LogP) is 2.92. The van der Waals surface area contributed by atoms with E-state index >= 15 is 0 Å². The Morgan fingerprint density at radius 2 is 2.12 bits per heavy atom. The smallest absolute Gasteiger partial charge is 0.255 e. The Bertz CT molecular complexity index is 853. The monoisotopic (exact) mass is 343 g/mol. The van der Waals surface area contributed by atoms with Crippen LogP contribution in [0.25, 0.3) is 5.95 Å². The summed E-state index contributed by atoms with van der Waals surface area (Å²) in [6.07, 6.45) is 8.20. The van der Waals surface area contributed by atoms with Gasteiger partial charge < -0.3 is 5.32 Å². The third kappa shape index (κ3) is 3.60. The summed E-state index contributed by atoms with van der Waals surface area (Å²) >= 11 is 1.50. The maximum atomic E-state index is 13.7. The van der Waals surface area contributed by atoms with Gasteiger partial charge in [0.25, 0.3) is 5.91 Å². The van der Waals surface area contributed by atoms with E-state index in [1.807, 2.05) is 6.26 Å². The number of nitrogens with zero attached hydrogens (tertiary/aromatic N) is 4. The van der Waals surface area contributed by atoms with Gasteiger partial charge in [0.15, 0.2) is 0 Å². The fourth-order valence-corrected chi connectivity index (χ4v) is 2.62. The number of carbonyl (C=O) groups is 1. The standard InChI is InChI=1S/C16H14FN5OS/c1-24-10-12-7-11(3-4-14(12)17)15(23)21-13-8-20-22(9-13)16-18-5-2-6-19-16/h2-9H,10H2,1H3,(H,21,23). The highest BCUT2D eigenvalue weighted by Crippen LogP contribution is 2.17. The summed E-state index contributed by atoms with van der Waals surface area (Å²) < 4.78 is 15.1. The summed E-state index contributed by atoms with van der Waals surface area (Å²) in [7, 11) is 0. The first-order valence-corrected chi connectivity index (χ1v) is 8.47. The lowest BCUT2D eigenvalue weighted by Gasteiger charge is -2.06. The largest absolute Gasteiger partial charge is 0.319 e. The van der Waals surface area contributed by atoms with Gasteiger partial charge in [0.2, 0.25) is 5.95 Å². The van der Waals surface area contributed by atoms with Crippen LogP contribution in [0.4, 0.5) is 10.1 Å². The van der Waals surface area contributed by atoms with Crippen LogP contribution < -0.4 is 5.32 Å². The molecule has 1 aromatic carbocycles. The molecule has 0 bridgehead atoms. The van der Waals surface area contributed by atoms with Crippen molar-refractivity contribution in [3.05, 3.63) is 66.0 Å². The molecule has 1 N–H and O–H groups in total. The molecule has 24 heavy (non-hydrogen) atoms. The third-order valence-electron chi connectivity index (χ3n) is 3.21. The number of hydrogen-bond donors (Lipinski definition) is 1. The molecule has 8 heteroatoms. The molecule has 3 rings (SSSR count). The molecule has 3 aromatic rings. The molecule has 0 spiro atoms. The summed E-state index contributed by atoms with van der Waals surface area (Å²) in [6.45, 7) is 0. The summed E-state index contributed by atoms with van der Waals surface area (Å²) in [5.41, 5.74) is 1.40. The molecule has 2 heterocycles. The summed E-state index contributed by atoms with van der Waals surface area (Å²) in [5, 5.41) is 6.84. The van der Waals surface area contributed by atoms with E-state index in [1.54, 1.807) is 30.7 Å². The van der Waals surface area contributed by atoms with E-state index in [4.69, 9.17) is 0 Å². The van der Waals surface area contributed by atoms with E-state index in [-0.39, 0.29) is 11.7 Å². The number of halogens is 1. The predicted molar refractivity (Wildman–Crippen MR) is 90.7 cm³/mol. The van der Waals surface area contributed by atoms with Crippen LogP contribution in [0.1, 0.15) is 15.9 Å². The molecule has 122 valence electrons. The Balaban J connectivity index is 1.76. The molecule has 6 nitrogen and oxygen atoms in total. The Morgan fingerprint density at radius 3 is 2.88 bits per heavy atom. The quantitative estimate of drug-likeness (QED) is 0.771. The molecular formula is C16H14FN5OS. The highest BCUT2D eigenvalue weighted by molar-refractivity contribution is 7.97. The van der Waals surface area contributed by atoms with Crippen molar-refractivity contribution in [3.8, 4) is 5.95 Å². The van der Waals surface area contributed by atoms with Crippen LogP contribution in [-0.2, 0) is 5.75 Å². The Labute approximate surface area is 142 Å². The molecule has 0 aliphatic rings. The van der Waals surface area contributed by atoms with Gasteiger partial charge in [0, 0.05) is 23.7 Å². The van der Waals surface area contributed by atoms with E-state index in [2.05, 4.69) is 20.4 Å². The molecule has 0 atom stereocenters. The second-order valence-corrected chi connectivity index (χ2v) is 5.78. The molecule has 0 radical (unpaired) electrons. The first kappa shape index (κ1) is 16.1. The van der Waals surface area contributed by atoms with E-state index in [1.165, 1.54) is 34.8 Å². The fraction of sp³-hybridized carbons (Fsp3) is 0.125. The molecule has 0 saturated heterocycles. The summed E-state index contributed by atoms with van der Waals surface area (Å²) in [5.74, 6) is 0.277. The Kier molecular flexibility index (Phi) is 4.85. The maximum absolute atomic E-state index is 13.7. The van der Waals surface area contributed by atoms with Gasteiger partial charge in [0.05, 0.1) is 18.1 Å². The van der Waals surface area contributed by atoms with E-state index < -0.39 is 0 Å². The third-order valence-corrected chi connectivity index (χ3v) is 3.80.